The molecule has 1 aromatic carbocycles. The maximum atomic E-state index is 11.7. The van der Waals surface area contributed by atoms with Crippen molar-refractivity contribution in [3.63, 3.8) is 0 Å². The number of nitrogens with zero attached hydrogens (tertiary/aromatic N) is 4. The van der Waals surface area contributed by atoms with Gasteiger partial charge >= 0.3 is 0 Å². The maximum absolute atomic E-state index is 11.7. The van der Waals surface area contributed by atoms with Crippen LogP contribution in [0.4, 0.5) is 11.4 Å². The fraction of sp³-hybridized carbons (Fsp3) is 0.154. The lowest BCUT2D eigenvalue weighted by atomic mass is 10.2. The number of anilines is 2. The van der Waals surface area contributed by atoms with Gasteiger partial charge < -0.3 is 5.32 Å². The fourth-order valence-electron chi connectivity index (χ4n) is 1.99. The summed E-state index contributed by atoms with van der Waals surface area (Å²) in [5, 5.41) is 12.3. The Bertz CT molecular complexity index is 852. The number of hydrogen-bond donors (Lipinski definition) is 1. The van der Waals surface area contributed by atoms with E-state index >= 15 is 0 Å². The van der Waals surface area contributed by atoms with Crippen molar-refractivity contribution >= 4 is 33.9 Å². The number of fused-ring (bicyclic) bond motifs is 1. The van der Waals surface area contributed by atoms with Crippen molar-refractivity contribution in [3.05, 3.63) is 46.0 Å². The van der Waals surface area contributed by atoms with Crippen LogP contribution in [0.5, 0.6) is 0 Å². The molecular weight excluding hydrogens is 278 g/mol. The van der Waals surface area contributed by atoms with Crippen molar-refractivity contribution in [2.24, 2.45) is 14.1 Å². The number of benzene rings is 1. The van der Waals surface area contributed by atoms with E-state index in [1.165, 1.54) is 10.9 Å². The van der Waals surface area contributed by atoms with Gasteiger partial charge in [-0.05, 0) is 18.2 Å². The molecule has 0 bridgehead atoms. The zero-order valence-corrected chi connectivity index (χ0v) is 11.7. The van der Waals surface area contributed by atoms with E-state index in [-0.39, 0.29) is 10.6 Å². The van der Waals surface area contributed by atoms with Crippen LogP contribution in [0.2, 0.25) is 5.02 Å². The Kier molecular flexibility index (Phi) is 2.94. The second-order valence-corrected chi connectivity index (χ2v) is 4.85. The highest BCUT2D eigenvalue weighted by molar-refractivity contribution is 6.33. The molecule has 7 heteroatoms. The zero-order valence-electron chi connectivity index (χ0n) is 11.0. The molecule has 20 heavy (non-hydrogen) atoms. The number of nitrogens with one attached hydrogen (secondary N) is 1. The Morgan fingerprint density at radius 2 is 1.90 bits per heavy atom. The van der Waals surface area contributed by atoms with Gasteiger partial charge in [0.15, 0.2) is 0 Å². The van der Waals surface area contributed by atoms with Gasteiger partial charge in [0.05, 0.1) is 23.6 Å². The molecule has 0 fully saturated rings. The van der Waals surface area contributed by atoms with Crippen molar-refractivity contribution in [3.8, 4) is 0 Å². The molecular formula is C13H12ClN5O. The molecule has 3 rings (SSSR count). The average molecular weight is 290 g/mol. The molecule has 0 aliphatic rings. The quantitative estimate of drug-likeness (QED) is 0.784. The van der Waals surface area contributed by atoms with Crippen molar-refractivity contribution in [1.29, 1.82) is 0 Å². The Hall–Kier alpha value is -2.34. The summed E-state index contributed by atoms with van der Waals surface area (Å²) in [5.74, 6) is 0. The largest absolute Gasteiger partial charge is 0.353 e. The summed E-state index contributed by atoms with van der Waals surface area (Å²) >= 11 is 6.02. The molecule has 0 radical (unpaired) electrons. The predicted octanol–water partition coefficient (Wildman–Crippen LogP) is 2.06. The smallest absolute Gasteiger partial charge is 0.287 e. The molecule has 0 saturated heterocycles. The number of aromatic nitrogens is 4. The van der Waals surface area contributed by atoms with Gasteiger partial charge in [0.1, 0.15) is 5.02 Å². The van der Waals surface area contributed by atoms with Gasteiger partial charge in [0.2, 0.25) is 0 Å². The first-order chi connectivity index (χ1) is 9.56. The van der Waals surface area contributed by atoms with Crippen LogP contribution in [-0.4, -0.2) is 19.6 Å². The SMILES string of the molecule is Cn1ncc(Nc2ccc3c(cnn3C)c2)c(Cl)c1=O. The molecule has 2 heterocycles. The van der Waals surface area contributed by atoms with Gasteiger partial charge in [0.25, 0.3) is 5.56 Å². The van der Waals surface area contributed by atoms with Crippen LogP contribution >= 0.6 is 11.6 Å². The second kappa shape index (κ2) is 4.64. The van der Waals surface area contributed by atoms with Crippen molar-refractivity contribution in [2.75, 3.05) is 5.32 Å². The Morgan fingerprint density at radius 3 is 2.70 bits per heavy atom. The van der Waals surface area contributed by atoms with E-state index < -0.39 is 0 Å². The third kappa shape index (κ3) is 2.04. The molecule has 2 aromatic heterocycles. The molecule has 0 unspecified atom stereocenters. The number of halogens is 1. The molecule has 1 N–H and O–H groups in total. The summed E-state index contributed by atoms with van der Waals surface area (Å²) in [6, 6.07) is 5.79. The van der Waals surface area contributed by atoms with Crippen LogP contribution in [0.1, 0.15) is 0 Å². The van der Waals surface area contributed by atoms with Crippen LogP contribution in [-0.2, 0) is 14.1 Å². The summed E-state index contributed by atoms with van der Waals surface area (Å²) in [6.45, 7) is 0. The van der Waals surface area contributed by atoms with Crippen LogP contribution < -0.4 is 10.9 Å². The van der Waals surface area contributed by atoms with E-state index in [9.17, 15) is 4.79 Å². The van der Waals surface area contributed by atoms with Crippen LogP contribution in [0, 0.1) is 0 Å². The minimum atomic E-state index is -0.334. The highest BCUT2D eigenvalue weighted by atomic mass is 35.5. The average Bonchev–Trinajstić information content (AvgIpc) is 2.81. The molecule has 0 aliphatic carbocycles. The minimum absolute atomic E-state index is 0.119. The molecule has 0 atom stereocenters. The van der Waals surface area contributed by atoms with Crippen LogP contribution in [0.15, 0.2) is 35.4 Å². The molecule has 0 saturated carbocycles. The fourth-order valence-corrected chi connectivity index (χ4v) is 2.21. The lowest BCUT2D eigenvalue weighted by molar-refractivity contribution is 0.709. The highest BCUT2D eigenvalue weighted by Gasteiger charge is 2.08. The lowest BCUT2D eigenvalue weighted by Gasteiger charge is -2.08. The van der Waals surface area contributed by atoms with E-state index in [2.05, 4.69) is 15.5 Å². The van der Waals surface area contributed by atoms with E-state index in [0.717, 1.165) is 16.6 Å². The zero-order chi connectivity index (χ0) is 14.3. The topological polar surface area (TPSA) is 64.7 Å². The van der Waals surface area contributed by atoms with Gasteiger partial charge in [-0.15, -0.1) is 0 Å². The van der Waals surface area contributed by atoms with E-state index in [1.807, 2.05) is 25.2 Å². The van der Waals surface area contributed by atoms with E-state index in [0.29, 0.717) is 5.69 Å². The number of aryl methyl sites for hydroxylation is 2. The molecule has 0 spiro atoms. The Morgan fingerprint density at radius 1 is 1.15 bits per heavy atom. The Balaban J connectivity index is 2.01. The molecule has 0 aliphatic heterocycles. The Labute approximate surface area is 119 Å². The summed E-state index contributed by atoms with van der Waals surface area (Å²) in [7, 11) is 3.44. The van der Waals surface area contributed by atoms with Gasteiger partial charge in [-0.1, -0.05) is 11.6 Å². The first-order valence-corrected chi connectivity index (χ1v) is 6.34. The first-order valence-electron chi connectivity index (χ1n) is 5.97. The van der Waals surface area contributed by atoms with Crippen molar-refractivity contribution < 1.29 is 0 Å². The lowest BCUT2D eigenvalue weighted by Crippen LogP contribution is -2.20. The molecule has 0 amide bonds. The highest BCUT2D eigenvalue weighted by Crippen LogP contribution is 2.24. The number of hydrogen-bond acceptors (Lipinski definition) is 4. The standard InChI is InChI=1S/C13H12ClN5O/c1-18-11-4-3-9(5-8(11)6-15-18)17-10-7-16-19(2)13(20)12(10)14/h3-7,17H,1-2H3. The summed E-state index contributed by atoms with van der Waals surface area (Å²) < 4.78 is 2.99. The summed E-state index contributed by atoms with van der Waals surface area (Å²) in [4.78, 5) is 11.7. The van der Waals surface area contributed by atoms with Crippen molar-refractivity contribution in [1.82, 2.24) is 19.6 Å². The predicted molar refractivity (Wildman–Crippen MR) is 78.5 cm³/mol. The van der Waals surface area contributed by atoms with Gasteiger partial charge in [0, 0.05) is 25.2 Å². The summed E-state index contributed by atoms with van der Waals surface area (Å²) in [5.41, 5.74) is 2.00. The minimum Gasteiger partial charge on any atom is -0.353 e. The third-order valence-electron chi connectivity index (χ3n) is 3.10. The van der Waals surface area contributed by atoms with Gasteiger partial charge in [-0.3, -0.25) is 9.48 Å². The monoisotopic (exact) mass is 289 g/mol. The molecule has 102 valence electrons. The molecule has 6 nitrogen and oxygen atoms in total. The van der Waals surface area contributed by atoms with E-state index in [4.69, 9.17) is 11.6 Å². The first kappa shape index (κ1) is 12.7. The van der Waals surface area contributed by atoms with Crippen LogP contribution in [0.25, 0.3) is 10.9 Å². The van der Waals surface area contributed by atoms with Gasteiger partial charge in [-0.2, -0.15) is 10.2 Å². The maximum Gasteiger partial charge on any atom is 0.287 e. The van der Waals surface area contributed by atoms with Gasteiger partial charge in [-0.25, -0.2) is 4.68 Å². The summed E-state index contributed by atoms with van der Waals surface area (Å²) in [6.07, 6.45) is 3.31. The van der Waals surface area contributed by atoms with Crippen molar-refractivity contribution in [2.45, 2.75) is 0 Å². The normalized spacial score (nSPS) is 10.9. The second-order valence-electron chi connectivity index (χ2n) is 4.47. The number of rotatable bonds is 2. The third-order valence-corrected chi connectivity index (χ3v) is 3.47. The van der Waals surface area contributed by atoms with E-state index in [1.54, 1.807) is 17.9 Å². The van der Waals surface area contributed by atoms with Crippen LogP contribution in [0.3, 0.4) is 0 Å². The molecule has 3 aromatic rings.